The predicted octanol–water partition coefficient (Wildman–Crippen LogP) is 3.47. The van der Waals surface area contributed by atoms with Crippen molar-refractivity contribution < 1.29 is 9.53 Å². The van der Waals surface area contributed by atoms with Crippen LogP contribution in [0.3, 0.4) is 0 Å². The lowest BCUT2D eigenvalue weighted by molar-refractivity contribution is -0.118. The average Bonchev–Trinajstić information content (AvgIpc) is 2.34. The van der Waals surface area contributed by atoms with Gasteiger partial charge in [0.15, 0.2) is 5.78 Å². The molecule has 0 saturated carbocycles. The van der Waals surface area contributed by atoms with Crippen molar-refractivity contribution in [3.8, 4) is 5.75 Å². The number of rotatable bonds is 3. The lowest BCUT2D eigenvalue weighted by atomic mass is 9.87. The Morgan fingerprint density at radius 3 is 2.59 bits per heavy atom. The number of carbonyl (C=O) groups is 1. The van der Waals surface area contributed by atoms with Gasteiger partial charge in [-0.25, -0.2) is 0 Å². The molecule has 2 heteroatoms. The van der Waals surface area contributed by atoms with E-state index in [2.05, 4.69) is 0 Å². The molecule has 0 bridgehead atoms. The molecule has 90 valence electrons. The Kier molecular flexibility index (Phi) is 3.62. The third kappa shape index (κ3) is 2.76. The normalized spacial score (nSPS) is 20.0. The molecular weight excluding hydrogens is 212 g/mol. The van der Waals surface area contributed by atoms with Gasteiger partial charge in [-0.2, -0.15) is 0 Å². The third-order valence-electron chi connectivity index (χ3n) is 3.18. The van der Waals surface area contributed by atoms with Crippen LogP contribution in [0, 0.1) is 5.92 Å². The van der Waals surface area contributed by atoms with Gasteiger partial charge in [-0.15, -0.1) is 0 Å². The molecule has 0 fully saturated rings. The van der Waals surface area contributed by atoms with Crippen LogP contribution < -0.4 is 4.74 Å². The quantitative estimate of drug-likeness (QED) is 0.794. The van der Waals surface area contributed by atoms with E-state index in [0.29, 0.717) is 6.61 Å². The lowest BCUT2D eigenvalue weighted by Gasteiger charge is -2.17. The van der Waals surface area contributed by atoms with Crippen LogP contribution in [-0.2, 0) is 4.79 Å². The Hall–Kier alpha value is -1.57. The molecule has 0 aromatic heterocycles. The molecule has 1 aromatic rings. The second-order valence-corrected chi connectivity index (χ2v) is 4.47. The number of hydrogen-bond donors (Lipinski definition) is 0. The van der Waals surface area contributed by atoms with Gasteiger partial charge in [-0.1, -0.05) is 19.1 Å². The lowest BCUT2D eigenvalue weighted by Crippen LogP contribution is -2.13. The van der Waals surface area contributed by atoms with Crippen LogP contribution in [0.2, 0.25) is 0 Å². The summed E-state index contributed by atoms with van der Waals surface area (Å²) in [5, 5.41) is 0. The van der Waals surface area contributed by atoms with E-state index < -0.39 is 0 Å². The number of allylic oxidation sites excluding steroid dienone is 2. The molecule has 1 aromatic carbocycles. The summed E-state index contributed by atoms with van der Waals surface area (Å²) < 4.78 is 5.40. The fourth-order valence-corrected chi connectivity index (χ4v) is 2.06. The van der Waals surface area contributed by atoms with E-state index in [4.69, 9.17) is 4.74 Å². The molecule has 17 heavy (non-hydrogen) atoms. The zero-order chi connectivity index (χ0) is 12.3. The minimum absolute atomic E-state index is 0.182. The number of carbonyl (C=O) groups excluding carboxylic acids is 1. The first kappa shape index (κ1) is 11.9. The van der Waals surface area contributed by atoms with Crippen molar-refractivity contribution in [3.05, 3.63) is 35.9 Å². The van der Waals surface area contributed by atoms with E-state index in [1.165, 1.54) is 0 Å². The average molecular weight is 230 g/mol. The van der Waals surface area contributed by atoms with E-state index in [1.807, 2.05) is 38.1 Å². The molecule has 1 unspecified atom stereocenters. The molecule has 0 heterocycles. The summed E-state index contributed by atoms with van der Waals surface area (Å²) in [6.07, 6.45) is 3.74. The van der Waals surface area contributed by atoms with Crippen LogP contribution in [0.15, 0.2) is 30.3 Å². The van der Waals surface area contributed by atoms with Gasteiger partial charge < -0.3 is 4.74 Å². The fourth-order valence-electron chi connectivity index (χ4n) is 2.06. The molecule has 2 rings (SSSR count). The van der Waals surface area contributed by atoms with Crippen molar-refractivity contribution in [2.75, 3.05) is 6.61 Å². The number of ether oxygens (including phenoxy) is 1. The van der Waals surface area contributed by atoms with Gasteiger partial charge in [0, 0.05) is 5.92 Å². The Morgan fingerprint density at radius 2 is 2.00 bits per heavy atom. The minimum atomic E-state index is 0.182. The van der Waals surface area contributed by atoms with Gasteiger partial charge in [-0.3, -0.25) is 4.79 Å². The second-order valence-electron chi connectivity index (χ2n) is 4.47. The van der Waals surface area contributed by atoms with Gasteiger partial charge in [-0.05, 0) is 49.1 Å². The van der Waals surface area contributed by atoms with E-state index in [-0.39, 0.29) is 11.7 Å². The molecule has 0 saturated heterocycles. The molecule has 0 radical (unpaired) electrons. The maximum atomic E-state index is 11.6. The van der Waals surface area contributed by atoms with Crippen molar-refractivity contribution in [2.24, 2.45) is 5.92 Å². The van der Waals surface area contributed by atoms with Crippen LogP contribution in [-0.4, -0.2) is 12.4 Å². The molecule has 2 nitrogen and oxygen atoms in total. The van der Waals surface area contributed by atoms with Crippen molar-refractivity contribution >= 4 is 11.4 Å². The predicted molar refractivity (Wildman–Crippen MR) is 69.0 cm³/mol. The molecular formula is C15H18O2. The Labute approximate surface area is 102 Å². The van der Waals surface area contributed by atoms with Crippen molar-refractivity contribution in [2.45, 2.75) is 26.7 Å². The number of hydrogen-bond acceptors (Lipinski definition) is 2. The van der Waals surface area contributed by atoms with E-state index in [9.17, 15) is 4.79 Å². The summed E-state index contributed by atoms with van der Waals surface area (Å²) in [7, 11) is 0. The molecule has 0 spiro atoms. The molecule has 0 N–H and O–H groups in total. The van der Waals surface area contributed by atoms with Crippen molar-refractivity contribution in [3.63, 3.8) is 0 Å². The smallest absolute Gasteiger partial charge is 0.158 e. The summed E-state index contributed by atoms with van der Waals surface area (Å²) in [5.41, 5.74) is 2.28. The van der Waals surface area contributed by atoms with E-state index in [1.54, 1.807) is 6.08 Å². The van der Waals surface area contributed by atoms with Gasteiger partial charge in [0.25, 0.3) is 0 Å². The van der Waals surface area contributed by atoms with Crippen LogP contribution in [0.5, 0.6) is 5.75 Å². The van der Waals surface area contributed by atoms with Crippen molar-refractivity contribution in [1.29, 1.82) is 0 Å². The topological polar surface area (TPSA) is 26.3 Å². The number of ketones is 1. The number of benzene rings is 1. The molecule has 0 aliphatic heterocycles. The molecule has 1 aliphatic carbocycles. The SMILES string of the molecule is CCOc1ccc(C2=CC(=O)C(C)CC2)cc1. The summed E-state index contributed by atoms with van der Waals surface area (Å²) in [4.78, 5) is 11.6. The van der Waals surface area contributed by atoms with Crippen LogP contribution in [0.4, 0.5) is 0 Å². The highest BCUT2D eigenvalue weighted by atomic mass is 16.5. The van der Waals surface area contributed by atoms with E-state index >= 15 is 0 Å². The van der Waals surface area contributed by atoms with Gasteiger partial charge in [0.05, 0.1) is 6.61 Å². The zero-order valence-corrected chi connectivity index (χ0v) is 10.4. The maximum absolute atomic E-state index is 11.6. The van der Waals surface area contributed by atoms with Crippen molar-refractivity contribution in [1.82, 2.24) is 0 Å². The second kappa shape index (κ2) is 5.17. The molecule has 1 atom stereocenters. The summed E-state index contributed by atoms with van der Waals surface area (Å²) in [5.74, 6) is 1.31. The maximum Gasteiger partial charge on any atom is 0.158 e. The van der Waals surface area contributed by atoms with Gasteiger partial charge in [0.1, 0.15) is 5.75 Å². The zero-order valence-electron chi connectivity index (χ0n) is 10.4. The summed E-state index contributed by atoms with van der Waals surface area (Å²) >= 11 is 0. The Balaban J connectivity index is 2.17. The summed E-state index contributed by atoms with van der Waals surface area (Å²) in [6.45, 7) is 4.64. The largest absolute Gasteiger partial charge is 0.494 e. The highest BCUT2D eigenvalue weighted by molar-refractivity contribution is 5.99. The Morgan fingerprint density at radius 1 is 1.29 bits per heavy atom. The fraction of sp³-hybridized carbons (Fsp3) is 0.400. The van der Waals surface area contributed by atoms with Crippen LogP contribution >= 0.6 is 0 Å². The first-order valence-corrected chi connectivity index (χ1v) is 6.18. The Bertz CT molecular complexity index is 429. The van der Waals surface area contributed by atoms with E-state index in [0.717, 1.165) is 29.7 Å². The summed E-state index contributed by atoms with van der Waals surface area (Å²) in [6, 6.07) is 7.98. The van der Waals surface area contributed by atoms with Gasteiger partial charge in [0.2, 0.25) is 0 Å². The third-order valence-corrected chi connectivity index (χ3v) is 3.18. The van der Waals surface area contributed by atoms with Crippen LogP contribution in [0.1, 0.15) is 32.3 Å². The monoisotopic (exact) mass is 230 g/mol. The molecule has 1 aliphatic rings. The highest BCUT2D eigenvalue weighted by Crippen LogP contribution is 2.29. The molecule has 0 amide bonds. The standard InChI is InChI=1S/C15H18O2/c1-3-17-14-8-6-12(7-9-14)13-5-4-11(2)15(16)10-13/h6-11H,3-5H2,1-2H3. The van der Waals surface area contributed by atoms with Gasteiger partial charge >= 0.3 is 0 Å². The first-order valence-electron chi connectivity index (χ1n) is 6.18. The van der Waals surface area contributed by atoms with Crippen LogP contribution in [0.25, 0.3) is 5.57 Å². The minimum Gasteiger partial charge on any atom is -0.494 e. The highest BCUT2D eigenvalue weighted by Gasteiger charge is 2.18. The first-order chi connectivity index (χ1) is 8.20.